The van der Waals surface area contributed by atoms with E-state index in [9.17, 15) is 31.9 Å². The lowest BCUT2D eigenvalue weighted by atomic mass is 10.2. The molecule has 9 nitrogen and oxygen atoms in total. The second kappa shape index (κ2) is 9.46. The minimum atomic E-state index is -5.01. The number of hydrogen-bond donors (Lipinski definition) is 2. The largest absolute Gasteiger partial charge is 0.468 e. The van der Waals surface area contributed by atoms with E-state index in [1.54, 1.807) is 0 Å². The highest BCUT2D eigenvalue weighted by Crippen LogP contribution is 2.33. The van der Waals surface area contributed by atoms with E-state index in [-0.39, 0.29) is 16.9 Å². The number of nitrogens with zero attached hydrogens (tertiary/aromatic N) is 3. The van der Waals surface area contributed by atoms with Crippen molar-refractivity contribution in [1.29, 1.82) is 0 Å². The number of anilines is 1. The molecule has 2 amide bonds. The predicted octanol–water partition coefficient (Wildman–Crippen LogP) is 2.58. The van der Waals surface area contributed by atoms with E-state index in [0.29, 0.717) is 4.68 Å². The van der Waals surface area contributed by atoms with Crippen LogP contribution in [0.15, 0.2) is 48.5 Å². The number of carbonyl (C=O) groups excluding carboxylic acids is 3. The van der Waals surface area contributed by atoms with Crippen LogP contribution in [-0.4, -0.2) is 46.4 Å². The third-order valence-corrected chi connectivity index (χ3v) is 4.23. The predicted molar refractivity (Wildman–Crippen MR) is 105 cm³/mol. The van der Waals surface area contributed by atoms with E-state index in [2.05, 4.69) is 25.7 Å². The molecule has 2 aromatic carbocycles. The molecule has 1 heterocycles. The number of rotatable bonds is 6. The maximum Gasteiger partial charge on any atom is 0.435 e. The number of hydrogen-bond acceptors (Lipinski definition) is 6. The molecule has 0 aliphatic heterocycles. The molecule has 0 saturated carbocycles. The van der Waals surface area contributed by atoms with Gasteiger partial charge in [0.05, 0.1) is 12.8 Å². The highest BCUT2D eigenvalue weighted by atomic mass is 19.4. The zero-order valence-corrected chi connectivity index (χ0v) is 16.8. The Hall–Kier alpha value is -4.29. The first-order valence-corrected chi connectivity index (χ1v) is 9.15. The second-order valence-corrected chi connectivity index (χ2v) is 6.47. The Morgan fingerprint density at radius 3 is 2.39 bits per heavy atom. The molecule has 0 aliphatic carbocycles. The van der Waals surface area contributed by atoms with Crippen LogP contribution in [0.4, 0.5) is 23.2 Å². The van der Waals surface area contributed by atoms with E-state index in [1.165, 1.54) is 24.3 Å². The van der Waals surface area contributed by atoms with Crippen LogP contribution in [0.3, 0.4) is 0 Å². The quantitative estimate of drug-likeness (QED) is 0.427. The van der Waals surface area contributed by atoms with Gasteiger partial charge in [0.2, 0.25) is 0 Å². The average Bonchev–Trinajstić information content (AvgIpc) is 3.24. The Labute approximate surface area is 183 Å². The monoisotopic (exact) mass is 465 g/mol. The average molecular weight is 465 g/mol. The van der Waals surface area contributed by atoms with E-state index >= 15 is 0 Å². The number of halogens is 4. The Morgan fingerprint density at radius 1 is 1.06 bits per heavy atom. The summed E-state index contributed by atoms with van der Waals surface area (Å²) in [7, 11) is 1.14. The van der Waals surface area contributed by atoms with Gasteiger partial charge in [0, 0.05) is 11.3 Å². The Bertz CT molecular complexity index is 1190. The van der Waals surface area contributed by atoms with Crippen molar-refractivity contribution >= 4 is 23.5 Å². The fraction of sp³-hybridized carbons (Fsp3) is 0.150. The lowest BCUT2D eigenvalue weighted by Gasteiger charge is -2.11. The fourth-order valence-electron chi connectivity index (χ4n) is 2.71. The van der Waals surface area contributed by atoms with Crippen molar-refractivity contribution < 1.29 is 36.7 Å². The first kappa shape index (κ1) is 23.4. The second-order valence-electron chi connectivity index (χ2n) is 6.47. The molecule has 3 aromatic rings. The van der Waals surface area contributed by atoms with Crippen LogP contribution in [0.5, 0.6) is 0 Å². The van der Waals surface area contributed by atoms with Crippen LogP contribution in [0.25, 0.3) is 5.69 Å². The summed E-state index contributed by atoms with van der Waals surface area (Å²) in [5.41, 5.74) is -2.61. The minimum absolute atomic E-state index is 0.00447. The lowest BCUT2D eigenvalue weighted by Crippen LogP contribution is -2.30. The summed E-state index contributed by atoms with van der Waals surface area (Å²) in [5, 5.41) is 11.3. The number of amides is 2. The Morgan fingerprint density at radius 2 is 1.76 bits per heavy atom. The first-order valence-electron chi connectivity index (χ1n) is 9.15. The van der Waals surface area contributed by atoms with Crippen molar-refractivity contribution in [2.75, 3.05) is 19.0 Å². The highest BCUT2D eigenvalue weighted by molar-refractivity contribution is 6.04. The molecule has 2 N–H and O–H groups in total. The first-order chi connectivity index (χ1) is 15.6. The SMILES string of the molecule is COC(=O)CNC(=O)c1cccc(NC(=O)c2nnn(-c3ccc(F)cc3)c2C(F)(F)F)c1. The van der Waals surface area contributed by atoms with Gasteiger partial charge in [-0.05, 0) is 42.5 Å². The summed E-state index contributed by atoms with van der Waals surface area (Å²) < 4.78 is 59.0. The molecule has 3 rings (SSSR count). The number of esters is 1. The molecule has 0 unspecified atom stereocenters. The number of aromatic nitrogens is 3. The number of methoxy groups -OCH3 is 1. The smallest absolute Gasteiger partial charge is 0.435 e. The number of nitrogens with one attached hydrogen (secondary N) is 2. The summed E-state index contributed by atoms with van der Waals surface area (Å²) in [5.74, 6) is -3.25. The standard InChI is InChI=1S/C20H15F4N5O4/c1-33-15(30)10-25-18(31)11-3-2-4-13(9-11)26-19(32)16-17(20(22,23)24)29(28-27-16)14-7-5-12(21)6-8-14/h2-9H,10H2,1H3,(H,25,31)(H,26,32). The zero-order valence-electron chi connectivity index (χ0n) is 16.8. The van der Waals surface area contributed by atoms with Gasteiger partial charge in [0.1, 0.15) is 12.4 Å². The van der Waals surface area contributed by atoms with Gasteiger partial charge in [-0.3, -0.25) is 14.4 Å². The molecule has 33 heavy (non-hydrogen) atoms. The molecule has 1 aromatic heterocycles. The number of benzene rings is 2. The van der Waals surface area contributed by atoms with Crippen molar-refractivity contribution in [3.05, 3.63) is 71.3 Å². The normalized spacial score (nSPS) is 11.1. The van der Waals surface area contributed by atoms with Crippen LogP contribution in [0.1, 0.15) is 26.5 Å². The molecule has 0 radical (unpaired) electrons. The Kier molecular flexibility index (Phi) is 6.70. The molecule has 0 saturated heterocycles. The molecule has 0 aliphatic rings. The minimum Gasteiger partial charge on any atom is -0.468 e. The molecule has 0 atom stereocenters. The lowest BCUT2D eigenvalue weighted by molar-refractivity contribution is -0.143. The molecular formula is C20H15F4N5O4. The van der Waals surface area contributed by atoms with Crippen LogP contribution in [-0.2, 0) is 15.7 Å². The van der Waals surface area contributed by atoms with Crippen LogP contribution < -0.4 is 10.6 Å². The van der Waals surface area contributed by atoms with Crippen LogP contribution in [0.2, 0.25) is 0 Å². The van der Waals surface area contributed by atoms with Crippen molar-refractivity contribution in [3.8, 4) is 5.69 Å². The summed E-state index contributed by atoms with van der Waals surface area (Å²) in [6.45, 7) is -0.395. The highest BCUT2D eigenvalue weighted by Gasteiger charge is 2.42. The van der Waals surface area contributed by atoms with Crippen LogP contribution >= 0.6 is 0 Å². The molecule has 172 valence electrons. The zero-order chi connectivity index (χ0) is 24.2. The molecule has 0 fully saturated rings. The van der Waals surface area contributed by atoms with Gasteiger partial charge in [-0.25, -0.2) is 9.07 Å². The number of ether oxygens (including phenoxy) is 1. The molecule has 0 spiro atoms. The van der Waals surface area contributed by atoms with Gasteiger partial charge < -0.3 is 15.4 Å². The summed E-state index contributed by atoms with van der Waals surface area (Å²) in [4.78, 5) is 35.8. The van der Waals surface area contributed by atoms with Gasteiger partial charge in [-0.1, -0.05) is 11.3 Å². The van der Waals surface area contributed by atoms with E-state index in [1.807, 2.05) is 0 Å². The fourth-order valence-corrected chi connectivity index (χ4v) is 2.71. The maximum absolute atomic E-state index is 13.7. The van der Waals surface area contributed by atoms with Crippen LogP contribution in [0, 0.1) is 5.82 Å². The van der Waals surface area contributed by atoms with Gasteiger partial charge in [0.25, 0.3) is 11.8 Å². The van der Waals surface area contributed by atoms with E-state index < -0.39 is 47.7 Å². The van der Waals surface area contributed by atoms with Crippen molar-refractivity contribution in [3.63, 3.8) is 0 Å². The Balaban J connectivity index is 1.86. The van der Waals surface area contributed by atoms with Gasteiger partial charge >= 0.3 is 12.1 Å². The third kappa shape index (κ3) is 5.50. The number of carbonyl (C=O) groups is 3. The molecular weight excluding hydrogens is 450 g/mol. The summed E-state index contributed by atoms with van der Waals surface area (Å²) in [6, 6.07) is 9.27. The third-order valence-electron chi connectivity index (χ3n) is 4.23. The molecule has 0 bridgehead atoms. The van der Waals surface area contributed by atoms with Crippen molar-refractivity contribution in [2.45, 2.75) is 6.18 Å². The molecule has 13 heteroatoms. The van der Waals surface area contributed by atoms with Crippen molar-refractivity contribution in [1.82, 2.24) is 20.3 Å². The van der Waals surface area contributed by atoms with Gasteiger partial charge in [-0.2, -0.15) is 13.2 Å². The van der Waals surface area contributed by atoms with Gasteiger partial charge in [-0.15, -0.1) is 5.10 Å². The topological polar surface area (TPSA) is 115 Å². The van der Waals surface area contributed by atoms with Gasteiger partial charge in [0.15, 0.2) is 11.4 Å². The van der Waals surface area contributed by atoms with E-state index in [4.69, 9.17) is 0 Å². The maximum atomic E-state index is 13.7. The summed E-state index contributed by atoms with van der Waals surface area (Å²) in [6.07, 6.45) is -5.01. The van der Waals surface area contributed by atoms with E-state index in [0.717, 1.165) is 31.4 Å². The van der Waals surface area contributed by atoms with Crippen molar-refractivity contribution in [2.24, 2.45) is 0 Å². The number of alkyl halides is 3. The summed E-state index contributed by atoms with van der Waals surface area (Å²) >= 11 is 0.